The number of thioether (sulfide) groups is 1. The highest BCUT2D eigenvalue weighted by molar-refractivity contribution is 8.13. The molecule has 1 atom stereocenters. The zero-order chi connectivity index (χ0) is 21.9. The highest BCUT2D eigenvalue weighted by Gasteiger charge is 2.26. The lowest BCUT2D eigenvalue weighted by Crippen LogP contribution is -2.55. The number of hydrogen-bond donors (Lipinski definition) is 1. The number of urea groups is 1. The van der Waals surface area contributed by atoms with Crippen LogP contribution in [0.3, 0.4) is 0 Å². The van der Waals surface area contributed by atoms with Gasteiger partial charge in [-0.1, -0.05) is 50.3 Å². The first kappa shape index (κ1) is 25.0. The number of amides is 3. The maximum absolute atomic E-state index is 13.0. The minimum absolute atomic E-state index is 0.0155. The van der Waals surface area contributed by atoms with Gasteiger partial charge in [0.05, 0.1) is 0 Å². The molecule has 2 fully saturated rings. The molecule has 7 nitrogen and oxygen atoms in total. The predicted molar refractivity (Wildman–Crippen MR) is 123 cm³/mol. The number of rotatable bonds is 8. The Morgan fingerprint density at radius 3 is 2.27 bits per heavy atom. The van der Waals surface area contributed by atoms with E-state index in [-0.39, 0.29) is 17.1 Å². The Hall–Kier alpha value is -1.28. The van der Waals surface area contributed by atoms with E-state index in [0.29, 0.717) is 37.8 Å². The number of carbonyl (C=O) groups excluding carboxylic acids is 3. The van der Waals surface area contributed by atoms with Crippen LogP contribution in [0.4, 0.5) is 4.79 Å². The lowest BCUT2D eigenvalue weighted by atomic mass is 9.96. The second-order valence-electron chi connectivity index (χ2n) is 8.77. The Kier molecular flexibility index (Phi) is 11.0. The topological polar surface area (TPSA) is 73.0 Å². The maximum atomic E-state index is 13.0. The summed E-state index contributed by atoms with van der Waals surface area (Å²) >= 11 is 1.25. The highest BCUT2D eigenvalue weighted by atomic mass is 32.2. The number of carbonyl (C=O) groups is 3. The van der Waals surface area contributed by atoms with E-state index < -0.39 is 6.04 Å². The van der Waals surface area contributed by atoms with Crippen molar-refractivity contribution < 1.29 is 14.4 Å². The summed E-state index contributed by atoms with van der Waals surface area (Å²) in [6.45, 7) is 7.67. The molecule has 0 bridgehead atoms. The van der Waals surface area contributed by atoms with Gasteiger partial charge in [0.15, 0.2) is 5.12 Å². The second kappa shape index (κ2) is 13.2. The van der Waals surface area contributed by atoms with Crippen molar-refractivity contribution in [2.45, 2.75) is 64.8 Å². The molecule has 1 N–H and O–H groups in total. The number of piperazine rings is 1. The van der Waals surface area contributed by atoms with Gasteiger partial charge in [-0.3, -0.25) is 9.59 Å². The van der Waals surface area contributed by atoms with Crippen LogP contribution in [0.25, 0.3) is 0 Å². The molecule has 30 heavy (non-hydrogen) atoms. The molecule has 1 aliphatic carbocycles. The number of nitrogens with zero attached hydrogens (tertiary/aromatic N) is 3. The van der Waals surface area contributed by atoms with Crippen LogP contribution in [0.15, 0.2) is 0 Å². The van der Waals surface area contributed by atoms with Gasteiger partial charge < -0.3 is 20.0 Å². The van der Waals surface area contributed by atoms with Crippen molar-refractivity contribution in [3.05, 3.63) is 0 Å². The first-order valence-corrected chi connectivity index (χ1v) is 12.5. The molecule has 3 amide bonds. The van der Waals surface area contributed by atoms with E-state index in [1.165, 1.54) is 50.3 Å². The third-order valence-corrected chi connectivity index (χ3v) is 7.05. The Morgan fingerprint density at radius 1 is 1.03 bits per heavy atom. The summed E-state index contributed by atoms with van der Waals surface area (Å²) < 4.78 is 0. The lowest BCUT2D eigenvalue weighted by molar-refractivity contribution is -0.134. The lowest BCUT2D eigenvalue weighted by Gasteiger charge is -2.34. The molecule has 2 rings (SSSR count). The summed E-state index contributed by atoms with van der Waals surface area (Å²) in [5, 5.41) is 2.98. The molecule has 1 unspecified atom stereocenters. The molecule has 2 aliphatic rings. The summed E-state index contributed by atoms with van der Waals surface area (Å²) in [6.07, 6.45) is 8.70. The van der Waals surface area contributed by atoms with Crippen LogP contribution in [-0.4, -0.2) is 89.9 Å². The molecule has 8 heteroatoms. The summed E-state index contributed by atoms with van der Waals surface area (Å²) in [6, 6.07) is -0.732. The minimum Gasteiger partial charge on any atom is -0.338 e. The average Bonchev–Trinajstić information content (AvgIpc) is 2.99. The van der Waals surface area contributed by atoms with E-state index in [9.17, 15) is 14.4 Å². The van der Waals surface area contributed by atoms with Crippen molar-refractivity contribution in [1.82, 2.24) is 20.0 Å². The van der Waals surface area contributed by atoms with Crippen LogP contribution in [-0.2, 0) is 9.59 Å². The van der Waals surface area contributed by atoms with E-state index in [4.69, 9.17) is 0 Å². The Labute approximate surface area is 186 Å². The monoisotopic (exact) mass is 440 g/mol. The van der Waals surface area contributed by atoms with Gasteiger partial charge in [0, 0.05) is 51.9 Å². The van der Waals surface area contributed by atoms with Gasteiger partial charge in [0.1, 0.15) is 6.04 Å². The standard InChI is InChI=1S/C22H40N4O3S/c1-18(21(28)25-14-12-24(3)13-15-25)23-22(29)26(16-17-30-19(2)27)11-10-20-8-6-4-5-7-9-20/h18,20H,4-17H2,1-3H3,(H,23,29). The van der Waals surface area contributed by atoms with Crippen LogP contribution in [0, 0.1) is 5.92 Å². The van der Waals surface area contributed by atoms with Crippen LogP contribution in [0.5, 0.6) is 0 Å². The highest BCUT2D eigenvalue weighted by Crippen LogP contribution is 2.25. The third-order valence-electron chi connectivity index (χ3n) is 6.26. The summed E-state index contributed by atoms with van der Waals surface area (Å²) in [7, 11) is 2.05. The fourth-order valence-electron chi connectivity index (χ4n) is 4.24. The van der Waals surface area contributed by atoms with Gasteiger partial charge >= 0.3 is 6.03 Å². The summed E-state index contributed by atoms with van der Waals surface area (Å²) in [5.74, 6) is 1.25. The smallest absolute Gasteiger partial charge is 0.318 e. The number of likely N-dealkylation sites (N-methyl/N-ethyl adjacent to an activating group) is 1. The van der Waals surface area contributed by atoms with E-state index >= 15 is 0 Å². The van der Waals surface area contributed by atoms with Gasteiger partial charge in [-0.15, -0.1) is 0 Å². The predicted octanol–water partition coefficient (Wildman–Crippen LogP) is 2.80. The SMILES string of the molecule is CC(=O)SCCN(CCC1CCCCCC1)C(=O)NC(C)C(=O)N1CCN(C)CC1. The van der Waals surface area contributed by atoms with Crippen molar-refractivity contribution in [1.29, 1.82) is 0 Å². The molecule has 1 saturated carbocycles. The molecule has 0 aromatic carbocycles. The molecule has 0 radical (unpaired) electrons. The molecule has 0 aromatic rings. The quantitative estimate of drug-likeness (QED) is 0.588. The Morgan fingerprint density at radius 2 is 1.67 bits per heavy atom. The van der Waals surface area contributed by atoms with Crippen molar-refractivity contribution in [2.75, 3.05) is 52.1 Å². The normalized spacial score (nSPS) is 19.8. The van der Waals surface area contributed by atoms with Gasteiger partial charge in [0.2, 0.25) is 5.91 Å². The fourth-order valence-corrected chi connectivity index (χ4v) is 4.84. The molecular weight excluding hydrogens is 400 g/mol. The van der Waals surface area contributed by atoms with E-state index in [2.05, 4.69) is 17.3 Å². The average molecular weight is 441 g/mol. The van der Waals surface area contributed by atoms with Gasteiger partial charge in [-0.05, 0) is 26.3 Å². The second-order valence-corrected chi connectivity index (χ2v) is 10.0. The molecule has 1 heterocycles. The summed E-state index contributed by atoms with van der Waals surface area (Å²) in [5.41, 5.74) is 0. The zero-order valence-electron chi connectivity index (χ0n) is 19.0. The van der Waals surface area contributed by atoms with Gasteiger partial charge in [-0.2, -0.15) is 0 Å². The van der Waals surface area contributed by atoms with E-state index in [1.54, 1.807) is 18.7 Å². The van der Waals surface area contributed by atoms with Crippen LogP contribution in [0.2, 0.25) is 0 Å². The van der Waals surface area contributed by atoms with Crippen molar-refractivity contribution in [3.8, 4) is 0 Å². The van der Waals surface area contributed by atoms with Crippen LogP contribution < -0.4 is 5.32 Å². The molecule has 1 aliphatic heterocycles. The molecule has 1 saturated heterocycles. The zero-order valence-corrected chi connectivity index (χ0v) is 19.8. The first-order chi connectivity index (χ1) is 14.4. The van der Waals surface area contributed by atoms with Gasteiger partial charge in [0.25, 0.3) is 0 Å². The van der Waals surface area contributed by atoms with Crippen LogP contribution in [0.1, 0.15) is 58.8 Å². The van der Waals surface area contributed by atoms with Crippen LogP contribution >= 0.6 is 11.8 Å². The van der Waals surface area contributed by atoms with Gasteiger partial charge in [-0.25, -0.2) is 4.79 Å². The largest absolute Gasteiger partial charge is 0.338 e. The Bertz CT molecular complexity index is 559. The number of nitrogens with one attached hydrogen (secondary N) is 1. The number of hydrogen-bond acceptors (Lipinski definition) is 5. The molecule has 0 aromatic heterocycles. The van der Waals surface area contributed by atoms with Crippen molar-refractivity contribution >= 4 is 28.8 Å². The Balaban J connectivity index is 1.87. The van der Waals surface area contributed by atoms with E-state index in [0.717, 1.165) is 19.5 Å². The van der Waals surface area contributed by atoms with Crippen molar-refractivity contribution in [2.24, 2.45) is 5.92 Å². The fraction of sp³-hybridized carbons (Fsp3) is 0.864. The molecular formula is C22H40N4O3S. The van der Waals surface area contributed by atoms with E-state index in [1.807, 2.05) is 4.90 Å². The summed E-state index contributed by atoms with van der Waals surface area (Å²) in [4.78, 5) is 42.8. The molecule has 0 spiro atoms. The minimum atomic E-state index is -0.540. The molecule has 172 valence electrons. The first-order valence-electron chi connectivity index (χ1n) is 11.5. The third kappa shape index (κ3) is 8.84. The van der Waals surface area contributed by atoms with Crippen molar-refractivity contribution in [3.63, 3.8) is 0 Å². The maximum Gasteiger partial charge on any atom is 0.318 e.